The molecule has 0 amide bonds. The standard InChI is InChI=1S/C24H21N/c1-16-10-4-6-12-19(16)23-22-15-9-8-14-21(22)18(3)25-24(23)20-13-7-5-11-17(20)2/h4-15H,1-3H3. The second-order valence-electron chi connectivity index (χ2n) is 6.60. The zero-order valence-electron chi connectivity index (χ0n) is 14.9. The van der Waals surface area contributed by atoms with Gasteiger partial charge in [-0.2, -0.15) is 0 Å². The summed E-state index contributed by atoms with van der Waals surface area (Å²) >= 11 is 0. The number of fused-ring (bicyclic) bond motifs is 1. The van der Waals surface area contributed by atoms with E-state index in [1.807, 2.05) is 0 Å². The summed E-state index contributed by atoms with van der Waals surface area (Å²) in [7, 11) is 0. The van der Waals surface area contributed by atoms with Gasteiger partial charge in [-0.3, -0.25) is 4.98 Å². The molecule has 1 aromatic heterocycles. The van der Waals surface area contributed by atoms with Gasteiger partial charge in [0, 0.05) is 22.2 Å². The van der Waals surface area contributed by atoms with E-state index >= 15 is 0 Å². The van der Waals surface area contributed by atoms with Crippen LogP contribution in [0.4, 0.5) is 0 Å². The summed E-state index contributed by atoms with van der Waals surface area (Å²) in [5.74, 6) is 0. The highest BCUT2D eigenvalue weighted by Crippen LogP contribution is 2.39. The van der Waals surface area contributed by atoms with Crippen LogP contribution in [0.25, 0.3) is 33.2 Å². The predicted molar refractivity (Wildman–Crippen MR) is 107 cm³/mol. The minimum atomic E-state index is 1.07. The van der Waals surface area contributed by atoms with Crippen LogP contribution in [-0.4, -0.2) is 4.98 Å². The van der Waals surface area contributed by atoms with E-state index in [2.05, 4.69) is 93.6 Å². The molecule has 0 aliphatic carbocycles. The van der Waals surface area contributed by atoms with E-state index in [4.69, 9.17) is 4.98 Å². The summed E-state index contributed by atoms with van der Waals surface area (Å²) in [4.78, 5) is 5.05. The zero-order valence-corrected chi connectivity index (χ0v) is 14.9. The molecule has 122 valence electrons. The third-order valence-corrected chi connectivity index (χ3v) is 4.92. The topological polar surface area (TPSA) is 12.9 Å². The highest BCUT2D eigenvalue weighted by atomic mass is 14.7. The number of pyridine rings is 1. The van der Waals surface area contributed by atoms with E-state index < -0.39 is 0 Å². The minimum Gasteiger partial charge on any atom is -0.252 e. The fourth-order valence-corrected chi connectivity index (χ4v) is 3.59. The summed E-state index contributed by atoms with van der Waals surface area (Å²) in [6, 6.07) is 25.7. The van der Waals surface area contributed by atoms with Crippen LogP contribution < -0.4 is 0 Å². The highest BCUT2D eigenvalue weighted by molar-refractivity contribution is 6.04. The average Bonchev–Trinajstić information content (AvgIpc) is 2.63. The number of aryl methyl sites for hydroxylation is 3. The first-order valence-corrected chi connectivity index (χ1v) is 8.68. The Balaban J connectivity index is 2.18. The number of rotatable bonds is 2. The lowest BCUT2D eigenvalue weighted by Gasteiger charge is -2.17. The molecular weight excluding hydrogens is 302 g/mol. The lowest BCUT2D eigenvalue weighted by molar-refractivity contribution is 1.23. The number of hydrogen-bond donors (Lipinski definition) is 0. The van der Waals surface area contributed by atoms with E-state index in [1.54, 1.807) is 0 Å². The Labute approximate surface area is 149 Å². The Kier molecular flexibility index (Phi) is 3.85. The second-order valence-corrected chi connectivity index (χ2v) is 6.60. The molecule has 0 bridgehead atoms. The van der Waals surface area contributed by atoms with E-state index in [0.29, 0.717) is 0 Å². The third kappa shape index (κ3) is 2.62. The number of aromatic nitrogens is 1. The SMILES string of the molecule is Cc1ccccc1-c1nc(C)c2ccccc2c1-c1ccccc1C. The van der Waals surface area contributed by atoms with Crippen molar-refractivity contribution >= 4 is 10.8 Å². The molecule has 3 aromatic carbocycles. The maximum absolute atomic E-state index is 5.05. The van der Waals surface area contributed by atoms with Crippen molar-refractivity contribution in [1.82, 2.24) is 4.98 Å². The normalized spacial score (nSPS) is 11.0. The van der Waals surface area contributed by atoms with Crippen LogP contribution in [0.1, 0.15) is 16.8 Å². The maximum atomic E-state index is 5.05. The van der Waals surface area contributed by atoms with Gasteiger partial charge < -0.3 is 0 Å². The van der Waals surface area contributed by atoms with Crippen molar-refractivity contribution in [3.63, 3.8) is 0 Å². The molecule has 0 aliphatic heterocycles. The number of hydrogen-bond acceptors (Lipinski definition) is 1. The molecule has 1 nitrogen and oxygen atoms in total. The summed E-state index contributed by atoms with van der Waals surface area (Å²) < 4.78 is 0. The molecule has 4 rings (SSSR count). The van der Waals surface area contributed by atoms with Gasteiger partial charge in [0.25, 0.3) is 0 Å². The van der Waals surface area contributed by atoms with Crippen LogP contribution >= 0.6 is 0 Å². The van der Waals surface area contributed by atoms with Crippen molar-refractivity contribution in [2.24, 2.45) is 0 Å². The molecule has 0 N–H and O–H groups in total. The molecule has 1 heteroatoms. The molecule has 0 spiro atoms. The molecule has 25 heavy (non-hydrogen) atoms. The van der Waals surface area contributed by atoms with Gasteiger partial charge in [-0.15, -0.1) is 0 Å². The quantitative estimate of drug-likeness (QED) is 0.410. The van der Waals surface area contributed by atoms with Crippen LogP contribution in [0.5, 0.6) is 0 Å². The van der Waals surface area contributed by atoms with E-state index in [0.717, 1.165) is 11.4 Å². The van der Waals surface area contributed by atoms with Crippen molar-refractivity contribution in [1.29, 1.82) is 0 Å². The Hall–Kier alpha value is -2.93. The fraction of sp³-hybridized carbons (Fsp3) is 0.125. The van der Waals surface area contributed by atoms with Crippen molar-refractivity contribution < 1.29 is 0 Å². The molecule has 0 saturated carbocycles. The van der Waals surface area contributed by atoms with Crippen LogP contribution in [0.3, 0.4) is 0 Å². The van der Waals surface area contributed by atoms with E-state index in [9.17, 15) is 0 Å². The van der Waals surface area contributed by atoms with Crippen LogP contribution in [0.15, 0.2) is 72.8 Å². The van der Waals surface area contributed by atoms with Gasteiger partial charge in [0.1, 0.15) is 0 Å². The smallest absolute Gasteiger partial charge is 0.0792 e. The Morgan fingerprint density at radius 2 is 1.08 bits per heavy atom. The molecule has 0 radical (unpaired) electrons. The first-order chi connectivity index (χ1) is 12.2. The van der Waals surface area contributed by atoms with E-state index in [1.165, 1.54) is 38.6 Å². The summed E-state index contributed by atoms with van der Waals surface area (Å²) in [6.45, 7) is 6.43. The minimum absolute atomic E-state index is 1.07. The summed E-state index contributed by atoms with van der Waals surface area (Å²) in [6.07, 6.45) is 0. The molecule has 0 aliphatic rings. The van der Waals surface area contributed by atoms with Gasteiger partial charge in [-0.1, -0.05) is 72.8 Å². The molecule has 0 saturated heterocycles. The Bertz CT molecular complexity index is 1080. The van der Waals surface area contributed by atoms with Crippen molar-refractivity contribution in [2.75, 3.05) is 0 Å². The zero-order chi connectivity index (χ0) is 17.4. The monoisotopic (exact) mass is 323 g/mol. The number of benzene rings is 3. The Morgan fingerprint density at radius 1 is 0.560 bits per heavy atom. The second kappa shape index (κ2) is 6.18. The summed E-state index contributed by atoms with van der Waals surface area (Å²) in [5, 5.41) is 2.49. The lowest BCUT2D eigenvalue weighted by atomic mass is 9.90. The van der Waals surface area contributed by atoms with Crippen molar-refractivity contribution in [3.8, 4) is 22.4 Å². The van der Waals surface area contributed by atoms with Crippen molar-refractivity contribution in [2.45, 2.75) is 20.8 Å². The van der Waals surface area contributed by atoms with Gasteiger partial charge in [0.2, 0.25) is 0 Å². The van der Waals surface area contributed by atoms with Crippen LogP contribution in [-0.2, 0) is 0 Å². The van der Waals surface area contributed by atoms with Gasteiger partial charge in [-0.05, 0) is 42.8 Å². The van der Waals surface area contributed by atoms with Gasteiger partial charge in [-0.25, -0.2) is 0 Å². The molecular formula is C24H21N. The molecule has 0 fully saturated rings. The predicted octanol–water partition coefficient (Wildman–Crippen LogP) is 6.49. The summed E-state index contributed by atoms with van der Waals surface area (Å²) in [5.41, 5.74) is 8.36. The fourth-order valence-electron chi connectivity index (χ4n) is 3.59. The van der Waals surface area contributed by atoms with E-state index in [-0.39, 0.29) is 0 Å². The van der Waals surface area contributed by atoms with Gasteiger partial charge >= 0.3 is 0 Å². The first kappa shape index (κ1) is 15.6. The van der Waals surface area contributed by atoms with Gasteiger partial charge in [0.05, 0.1) is 5.69 Å². The first-order valence-electron chi connectivity index (χ1n) is 8.68. The molecule has 1 heterocycles. The van der Waals surface area contributed by atoms with Crippen LogP contribution in [0.2, 0.25) is 0 Å². The molecule has 0 unspecified atom stereocenters. The van der Waals surface area contributed by atoms with Gasteiger partial charge in [0.15, 0.2) is 0 Å². The van der Waals surface area contributed by atoms with Crippen LogP contribution in [0, 0.1) is 20.8 Å². The lowest BCUT2D eigenvalue weighted by Crippen LogP contribution is -1.97. The van der Waals surface area contributed by atoms with Crippen molar-refractivity contribution in [3.05, 3.63) is 89.6 Å². The molecule has 0 atom stereocenters. The Morgan fingerprint density at radius 3 is 1.72 bits per heavy atom. The maximum Gasteiger partial charge on any atom is 0.0792 e. The molecule has 4 aromatic rings. The highest BCUT2D eigenvalue weighted by Gasteiger charge is 2.17. The largest absolute Gasteiger partial charge is 0.252 e. The average molecular weight is 323 g/mol. The third-order valence-electron chi connectivity index (χ3n) is 4.92. The number of nitrogens with zero attached hydrogens (tertiary/aromatic N) is 1.